The largest absolute Gasteiger partial charge is 0.497 e. The summed E-state index contributed by atoms with van der Waals surface area (Å²) in [5.74, 6) is 0.665. The molecule has 1 amide bonds. The molecular weight excluding hydrogens is 402 g/mol. The van der Waals surface area contributed by atoms with Crippen LogP contribution in [0.5, 0.6) is 5.75 Å². The fourth-order valence-electron chi connectivity index (χ4n) is 4.24. The van der Waals surface area contributed by atoms with Crippen LogP contribution in [0, 0.1) is 0 Å². The molecule has 1 atom stereocenters. The van der Waals surface area contributed by atoms with E-state index >= 15 is 0 Å². The molecule has 3 aromatic rings. The number of amides is 1. The highest BCUT2D eigenvalue weighted by Gasteiger charge is 2.27. The average molecular weight is 428 g/mol. The lowest BCUT2D eigenvalue weighted by atomic mass is 9.99. The summed E-state index contributed by atoms with van der Waals surface area (Å²) in [4.78, 5) is 19.5. The van der Waals surface area contributed by atoms with Gasteiger partial charge >= 0.3 is 0 Å². The Balaban J connectivity index is 1.71. The van der Waals surface area contributed by atoms with Crippen LogP contribution in [0.2, 0.25) is 0 Å². The van der Waals surface area contributed by atoms with Crippen molar-refractivity contribution in [2.45, 2.75) is 51.5 Å². The third-order valence-corrected chi connectivity index (χ3v) is 5.94. The van der Waals surface area contributed by atoms with Gasteiger partial charge in [-0.1, -0.05) is 6.92 Å². The van der Waals surface area contributed by atoms with Gasteiger partial charge in [-0.15, -0.1) is 0 Å². The summed E-state index contributed by atoms with van der Waals surface area (Å²) in [6.07, 6.45) is 2.90. The lowest BCUT2D eigenvalue weighted by Crippen LogP contribution is -2.44. The molecule has 164 valence electrons. The first-order valence-electron chi connectivity index (χ1n) is 10.6. The van der Waals surface area contributed by atoms with Crippen LogP contribution in [0.3, 0.4) is 0 Å². The molecule has 31 heavy (non-hydrogen) atoms. The van der Waals surface area contributed by atoms with Crippen LogP contribution in [0.4, 0.5) is 8.78 Å². The number of ether oxygens (including phenoxy) is 1. The van der Waals surface area contributed by atoms with Crippen LogP contribution in [0.1, 0.15) is 50.3 Å². The molecule has 8 heteroatoms. The van der Waals surface area contributed by atoms with Gasteiger partial charge in [0.25, 0.3) is 6.43 Å². The highest BCUT2D eigenvalue weighted by molar-refractivity contribution is 5.81. The van der Waals surface area contributed by atoms with E-state index in [1.807, 2.05) is 4.90 Å². The number of fused-ring (bicyclic) bond motifs is 1. The number of benzene rings is 1. The maximum absolute atomic E-state index is 13.8. The fraction of sp³-hybridized carbons (Fsp3) is 0.435. The summed E-state index contributed by atoms with van der Waals surface area (Å²) in [5.41, 5.74) is 1.69. The van der Waals surface area contributed by atoms with Gasteiger partial charge in [0.1, 0.15) is 11.4 Å². The van der Waals surface area contributed by atoms with Gasteiger partial charge in [-0.3, -0.25) is 4.79 Å². The van der Waals surface area contributed by atoms with Gasteiger partial charge in [0, 0.05) is 23.7 Å². The monoisotopic (exact) mass is 428 g/mol. The van der Waals surface area contributed by atoms with Crippen molar-refractivity contribution in [3.63, 3.8) is 0 Å². The van der Waals surface area contributed by atoms with Crippen molar-refractivity contribution < 1.29 is 18.3 Å². The lowest BCUT2D eigenvalue weighted by molar-refractivity contribution is -0.134. The molecule has 0 aliphatic carbocycles. The molecule has 1 aliphatic heterocycles. The smallest absolute Gasteiger partial charge is 0.280 e. The summed E-state index contributed by atoms with van der Waals surface area (Å²) in [6, 6.07) is 8.64. The SMILES string of the molecule is CCC1CCCCN1C(=O)Cc1cnn2c(C(F)F)cc(-c3ccc(OC)cc3)nc12. The average Bonchev–Trinajstić information content (AvgIpc) is 3.20. The van der Waals surface area contributed by atoms with E-state index in [1.165, 1.54) is 12.3 Å². The van der Waals surface area contributed by atoms with E-state index in [1.54, 1.807) is 31.4 Å². The second-order valence-electron chi connectivity index (χ2n) is 7.82. The Hall–Kier alpha value is -3.03. The van der Waals surface area contributed by atoms with Crippen molar-refractivity contribution in [1.29, 1.82) is 0 Å². The molecule has 4 rings (SSSR count). The molecule has 3 heterocycles. The van der Waals surface area contributed by atoms with E-state index in [0.717, 1.165) is 36.7 Å². The quantitative estimate of drug-likeness (QED) is 0.572. The molecule has 0 radical (unpaired) electrons. The Labute approximate surface area is 179 Å². The number of carbonyl (C=O) groups is 1. The topological polar surface area (TPSA) is 59.7 Å². The minimum absolute atomic E-state index is 0.00306. The number of rotatable bonds is 6. The summed E-state index contributed by atoms with van der Waals surface area (Å²) in [7, 11) is 1.56. The highest BCUT2D eigenvalue weighted by Crippen LogP contribution is 2.28. The minimum Gasteiger partial charge on any atom is -0.497 e. The summed E-state index contributed by atoms with van der Waals surface area (Å²) in [6.45, 7) is 2.83. The Morgan fingerprint density at radius 1 is 1.26 bits per heavy atom. The number of nitrogens with zero attached hydrogens (tertiary/aromatic N) is 4. The fourth-order valence-corrected chi connectivity index (χ4v) is 4.24. The van der Waals surface area contributed by atoms with Crippen LogP contribution in [-0.4, -0.2) is 45.1 Å². The predicted molar refractivity (Wildman–Crippen MR) is 113 cm³/mol. The molecule has 1 unspecified atom stereocenters. The molecule has 1 aromatic carbocycles. The maximum atomic E-state index is 13.8. The molecule has 0 spiro atoms. The van der Waals surface area contributed by atoms with Crippen molar-refractivity contribution in [3.8, 4) is 17.0 Å². The first kappa shape index (κ1) is 21.2. The third kappa shape index (κ3) is 4.24. The molecule has 2 aromatic heterocycles. The molecule has 1 saturated heterocycles. The van der Waals surface area contributed by atoms with Gasteiger partial charge in [0.15, 0.2) is 5.65 Å². The standard InChI is InChI=1S/C23H26F2N4O2/c1-3-17-6-4-5-11-28(17)21(30)12-16-14-26-29-20(22(24)25)13-19(27-23(16)29)15-7-9-18(31-2)10-8-15/h7-10,13-14,17,22H,3-6,11-12H2,1-2H3. The Morgan fingerprint density at radius 3 is 2.71 bits per heavy atom. The van der Waals surface area contributed by atoms with Crippen LogP contribution in [-0.2, 0) is 11.2 Å². The van der Waals surface area contributed by atoms with Gasteiger partial charge in [-0.05, 0) is 56.0 Å². The second-order valence-corrected chi connectivity index (χ2v) is 7.82. The van der Waals surface area contributed by atoms with Gasteiger partial charge in [0.2, 0.25) is 5.91 Å². The lowest BCUT2D eigenvalue weighted by Gasteiger charge is -2.35. The number of carbonyl (C=O) groups excluding carboxylic acids is 1. The third-order valence-electron chi connectivity index (χ3n) is 5.94. The van der Waals surface area contributed by atoms with E-state index in [2.05, 4.69) is 17.0 Å². The number of alkyl halides is 2. The van der Waals surface area contributed by atoms with Gasteiger partial charge in [-0.25, -0.2) is 18.3 Å². The van der Waals surface area contributed by atoms with Crippen LogP contribution < -0.4 is 4.74 Å². The molecular formula is C23H26F2N4O2. The van der Waals surface area contributed by atoms with Gasteiger partial charge in [0.05, 0.1) is 25.4 Å². The number of hydrogen-bond donors (Lipinski definition) is 0. The molecule has 0 saturated carbocycles. The maximum Gasteiger partial charge on any atom is 0.280 e. The number of aromatic nitrogens is 3. The Bertz CT molecular complexity index is 1070. The van der Waals surface area contributed by atoms with E-state index in [9.17, 15) is 13.6 Å². The number of piperidine rings is 1. The van der Waals surface area contributed by atoms with E-state index < -0.39 is 6.43 Å². The van der Waals surface area contributed by atoms with Crippen LogP contribution in [0.25, 0.3) is 16.9 Å². The normalized spacial score (nSPS) is 16.8. The van der Waals surface area contributed by atoms with Crippen molar-refractivity contribution in [1.82, 2.24) is 19.5 Å². The van der Waals surface area contributed by atoms with Gasteiger partial charge < -0.3 is 9.64 Å². The zero-order valence-electron chi connectivity index (χ0n) is 17.7. The zero-order chi connectivity index (χ0) is 22.0. The van der Waals surface area contributed by atoms with Crippen molar-refractivity contribution in [2.75, 3.05) is 13.7 Å². The zero-order valence-corrected chi connectivity index (χ0v) is 17.7. The number of halogens is 2. The second kappa shape index (κ2) is 8.99. The first-order valence-corrected chi connectivity index (χ1v) is 10.6. The Kier molecular flexibility index (Phi) is 6.15. The highest BCUT2D eigenvalue weighted by atomic mass is 19.3. The molecule has 6 nitrogen and oxygen atoms in total. The predicted octanol–water partition coefficient (Wildman–Crippen LogP) is 4.68. The Morgan fingerprint density at radius 2 is 2.03 bits per heavy atom. The number of hydrogen-bond acceptors (Lipinski definition) is 4. The summed E-state index contributed by atoms with van der Waals surface area (Å²) in [5, 5.41) is 4.12. The summed E-state index contributed by atoms with van der Waals surface area (Å²) >= 11 is 0. The molecule has 1 aliphatic rings. The van der Waals surface area contributed by atoms with Crippen molar-refractivity contribution in [3.05, 3.63) is 47.8 Å². The van der Waals surface area contributed by atoms with Crippen molar-refractivity contribution >= 4 is 11.6 Å². The summed E-state index contributed by atoms with van der Waals surface area (Å²) < 4.78 is 33.9. The number of likely N-dealkylation sites (tertiary alicyclic amines) is 1. The van der Waals surface area contributed by atoms with Crippen LogP contribution in [0.15, 0.2) is 36.5 Å². The molecule has 0 bridgehead atoms. The van der Waals surface area contributed by atoms with Crippen molar-refractivity contribution in [2.24, 2.45) is 0 Å². The number of methoxy groups -OCH3 is 1. The van der Waals surface area contributed by atoms with E-state index in [0.29, 0.717) is 28.2 Å². The van der Waals surface area contributed by atoms with Crippen LogP contribution >= 0.6 is 0 Å². The van der Waals surface area contributed by atoms with E-state index in [-0.39, 0.29) is 24.1 Å². The van der Waals surface area contributed by atoms with E-state index in [4.69, 9.17) is 4.74 Å². The minimum atomic E-state index is -2.72. The molecule has 0 N–H and O–H groups in total. The molecule has 1 fully saturated rings. The first-order chi connectivity index (χ1) is 15.0. The van der Waals surface area contributed by atoms with Gasteiger partial charge in [-0.2, -0.15) is 5.10 Å².